The third kappa shape index (κ3) is 9.67. The predicted octanol–water partition coefficient (Wildman–Crippen LogP) is 9.15. The molecule has 0 aromatic heterocycles. The third-order valence-electron chi connectivity index (χ3n) is 12.6. The van der Waals surface area contributed by atoms with E-state index in [9.17, 15) is 19.8 Å². The van der Waals surface area contributed by atoms with Gasteiger partial charge >= 0.3 is 0 Å². The summed E-state index contributed by atoms with van der Waals surface area (Å²) in [4.78, 5) is 34.1. The lowest BCUT2D eigenvalue weighted by atomic mass is 9.55. The van der Waals surface area contributed by atoms with Crippen molar-refractivity contribution in [1.82, 2.24) is 4.90 Å². The minimum absolute atomic E-state index is 0.108. The van der Waals surface area contributed by atoms with Crippen LogP contribution >= 0.6 is 0 Å². The van der Waals surface area contributed by atoms with Crippen LogP contribution in [0.25, 0.3) is 0 Å². The van der Waals surface area contributed by atoms with Gasteiger partial charge in [0.15, 0.2) is 0 Å². The maximum absolute atomic E-state index is 14.6. The number of amides is 1. The number of nitrogens with zero attached hydrogens (tertiary/aromatic N) is 2. The second kappa shape index (κ2) is 20.6. The molecule has 3 aliphatic carbocycles. The standard InChI is InChI=1S/C47H64N2O8/c1-4-24-49(44(53)23-20-33-14-7-8-15-33)43-31-41(48-55-6-3)39-29-35(17-9-11-25-50)38(19-10-12-26-51)45-40-30-37(56-36-18-13-16-34(28-36)32-52)21-22-42(40)57-47(43,46(39)45)54-27-5-2/h5,13,16,18,21-22,28-30,32-33,35,38,43,45-46,50-51H,2,4,6-12,14-15,17,19-20,23-27,31H2,1,3H3. The largest absolute Gasteiger partial charge is 0.459 e. The van der Waals surface area contributed by atoms with E-state index in [0.717, 1.165) is 61.7 Å². The molecule has 310 valence electrons. The molecule has 1 heterocycles. The van der Waals surface area contributed by atoms with Crippen molar-refractivity contribution >= 4 is 17.9 Å². The van der Waals surface area contributed by atoms with Crippen molar-refractivity contribution in [1.29, 1.82) is 0 Å². The minimum atomic E-state index is -1.27. The molecule has 57 heavy (non-hydrogen) atoms. The summed E-state index contributed by atoms with van der Waals surface area (Å²) in [6.07, 6.45) is 17.1. The van der Waals surface area contributed by atoms with E-state index in [2.05, 4.69) is 25.6 Å². The van der Waals surface area contributed by atoms with Crippen molar-refractivity contribution in [3.63, 3.8) is 0 Å². The SMILES string of the molecule is C=CCOC12Oc3ccc(Oc4cccc(C=O)c4)cc3C3C(CCCCO)C(CCCCO)C=C(C(=NOCC)CC1N(CCC)C(=O)CCC1CCCC1)C32. The lowest BCUT2D eigenvalue weighted by Crippen LogP contribution is -2.70. The zero-order valence-electron chi connectivity index (χ0n) is 34.1. The second-order valence-corrected chi connectivity index (χ2v) is 16.3. The highest BCUT2D eigenvalue weighted by molar-refractivity contribution is 6.03. The second-order valence-electron chi connectivity index (χ2n) is 16.3. The van der Waals surface area contributed by atoms with E-state index in [-0.39, 0.29) is 49.4 Å². The van der Waals surface area contributed by atoms with Gasteiger partial charge in [0.25, 0.3) is 0 Å². The molecule has 6 rings (SSSR count). The Morgan fingerprint density at radius 2 is 1.79 bits per heavy atom. The molecule has 2 aromatic carbocycles. The summed E-state index contributed by atoms with van der Waals surface area (Å²) in [6, 6.07) is 12.5. The van der Waals surface area contributed by atoms with Crippen molar-refractivity contribution < 1.29 is 38.9 Å². The van der Waals surface area contributed by atoms with E-state index in [4.69, 9.17) is 24.2 Å². The number of carbonyl (C=O) groups excluding carboxylic acids is 2. The van der Waals surface area contributed by atoms with Crippen LogP contribution in [0, 0.1) is 23.7 Å². The van der Waals surface area contributed by atoms with E-state index >= 15 is 0 Å². The van der Waals surface area contributed by atoms with Crippen molar-refractivity contribution in [2.75, 3.05) is 33.0 Å². The first-order chi connectivity index (χ1) is 27.9. The first kappa shape index (κ1) is 42.6. The van der Waals surface area contributed by atoms with Gasteiger partial charge in [0, 0.05) is 49.6 Å². The number of ether oxygens (including phenoxy) is 3. The number of benzene rings is 2. The molecule has 2 fully saturated rings. The zero-order valence-corrected chi connectivity index (χ0v) is 34.1. The molecule has 0 spiro atoms. The molecule has 6 atom stereocenters. The number of aldehydes is 1. The number of aliphatic hydroxyl groups is 2. The van der Waals surface area contributed by atoms with Crippen LogP contribution < -0.4 is 9.47 Å². The number of oxime groups is 1. The Bertz CT molecular complexity index is 1720. The molecule has 2 aromatic rings. The average molecular weight is 785 g/mol. The molecule has 1 aliphatic heterocycles. The van der Waals surface area contributed by atoms with E-state index in [1.165, 1.54) is 25.7 Å². The van der Waals surface area contributed by atoms with Crippen LogP contribution in [0.4, 0.5) is 0 Å². The third-order valence-corrected chi connectivity index (χ3v) is 12.6. The van der Waals surface area contributed by atoms with E-state index in [1.807, 2.05) is 30.0 Å². The van der Waals surface area contributed by atoms with Crippen LogP contribution in [0.3, 0.4) is 0 Å². The summed E-state index contributed by atoms with van der Waals surface area (Å²) in [6.45, 7) is 9.51. The Morgan fingerprint density at radius 1 is 1.02 bits per heavy atom. The molecule has 0 radical (unpaired) electrons. The number of hydrogen-bond acceptors (Lipinski definition) is 9. The Balaban J connectivity index is 1.54. The molecule has 2 saturated carbocycles. The van der Waals surface area contributed by atoms with Crippen LogP contribution in [0.1, 0.15) is 126 Å². The topological polar surface area (TPSA) is 127 Å². The van der Waals surface area contributed by atoms with Gasteiger partial charge in [-0.15, -0.1) is 6.58 Å². The van der Waals surface area contributed by atoms with Gasteiger partial charge in [-0.3, -0.25) is 9.59 Å². The number of unbranched alkanes of at least 4 members (excludes halogenated alkanes) is 2. The molecule has 0 saturated heterocycles. The van der Waals surface area contributed by atoms with Crippen LogP contribution in [0.5, 0.6) is 17.2 Å². The lowest BCUT2D eigenvalue weighted by Gasteiger charge is -2.60. The number of rotatable bonds is 22. The van der Waals surface area contributed by atoms with Crippen molar-refractivity contribution in [2.24, 2.45) is 28.8 Å². The maximum Gasteiger partial charge on any atom is 0.239 e. The van der Waals surface area contributed by atoms with Gasteiger partial charge in [-0.25, -0.2) is 0 Å². The van der Waals surface area contributed by atoms with Gasteiger partial charge in [-0.1, -0.05) is 74.9 Å². The van der Waals surface area contributed by atoms with Crippen LogP contribution in [0.2, 0.25) is 0 Å². The quantitative estimate of drug-likeness (QED) is 0.0524. The van der Waals surface area contributed by atoms with E-state index in [1.54, 1.807) is 24.3 Å². The Labute approximate surface area is 339 Å². The monoisotopic (exact) mass is 784 g/mol. The Hall–Kier alpha value is -3.99. The molecule has 4 aliphatic rings. The molecule has 0 bridgehead atoms. The summed E-state index contributed by atoms with van der Waals surface area (Å²) in [5.41, 5.74) is 3.34. The van der Waals surface area contributed by atoms with Crippen molar-refractivity contribution in [2.45, 2.75) is 121 Å². The summed E-state index contributed by atoms with van der Waals surface area (Å²) < 4.78 is 20.9. The normalized spacial score (nSPS) is 25.9. The van der Waals surface area contributed by atoms with Crippen LogP contribution in [0.15, 0.2) is 71.9 Å². The average Bonchev–Trinajstić information content (AvgIpc) is 3.76. The zero-order chi connectivity index (χ0) is 40.2. The fourth-order valence-electron chi connectivity index (χ4n) is 10.1. The molecule has 1 amide bonds. The van der Waals surface area contributed by atoms with Crippen LogP contribution in [-0.4, -0.2) is 77.8 Å². The molecule has 10 heteroatoms. The lowest BCUT2D eigenvalue weighted by molar-refractivity contribution is -0.257. The summed E-state index contributed by atoms with van der Waals surface area (Å²) in [7, 11) is 0. The fourth-order valence-corrected chi connectivity index (χ4v) is 10.1. The number of aliphatic hydroxyl groups excluding tert-OH is 2. The van der Waals surface area contributed by atoms with Gasteiger partial charge in [-0.05, 0) is 99.1 Å². The molecule has 10 nitrogen and oxygen atoms in total. The first-order valence-corrected chi connectivity index (χ1v) is 21.6. The Kier molecular flexibility index (Phi) is 15.4. The van der Waals surface area contributed by atoms with Crippen molar-refractivity contribution in [3.8, 4) is 17.2 Å². The minimum Gasteiger partial charge on any atom is -0.459 e. The fraction of sp³-hybridized carbons (Fsp3) is 0.596. The highest BCUT2D eigenvalue weighted by Crippen LogP contribution is 2.62. The molecular weight excluding hydrogens is 721 g/mol. The molecule has 2 N–H and O–H groups in total. The van der Waals surface area contributed by atoms with Gasteiger partial charge < -0.3 is 34.2 Å². The number of carbonyl (C=O) groups is 2. The maximum atomic E-state index is 14.6. The van der Waals surface area contributed by atoms with Gasteiger partial charge in [0.05, 0.1) is 18.2 Å². The van der Waals surface area contributed by atoms with Gasteiger partial charge in [0.2, 0.25) is 11.7 Å². The predicted molar refractivity (Wildman–Crippen MR) is 222 cm³/mol. The van der Waals surface area contributed by atoms with Crippen LogP contribution in [-0.2, 0) is 14.4 Å². The highest BCUT2D eigenvalue weighted by atomic mass is 16.7. The van der Waals surface area contributed by atoms with E-state index in [0.29, 0.717) is 67.6 Å². The van der Waals surface area contributed by atoms with Gasteiger partial charge in [0.1, 0.15) is 36.2 Å². The van der Waals surface area contributed by atoms with E-state index < -0.39 is 11.8 Å². The summed E-state index contributed by atoms with van der Waals surface area (Å²) >= 11 is 0. The molecular formula is C47H64N2O8. The smallest absolute Gasteiger partial charge is 0.239 e. The number of fused-ring (bicyclic) bond motifs is 2. The Morgan fingerprint density at radius 3 is 2.51 bits per heavy atom. The molecule has 6 unspecified atom stereocenters. The van der Waals surface area contributed by atoms with Crippen molar-refractivity contribution in [3.05, 3.63) is 77.9 Å². The summed E-state index contributed by atoms with van der Waals surface area (Å²) in [5.74, 6) is 1.01. The number of hydrogen-bond donors (Lipinski definition) is 2. The highest BCUT2D eigenvalue weighted by Gasteiger charge is 2.65. The summed E-state index contributed by atoms with van der Waals surface area (Å²) in [5, 5.41) is 24.6. The van der Waals surface area contributed by atoms with Gasteiger partial charge in [-0.2, -0.15) is 0 Å². The first-order valence-electron chi connectivity index (χ1n) is 21.6. The number of allylic oxidation sites excluding steroid dienone is 1.